The third-order valence-electron chi connectivity index (χ3n) is 5.65. The van der Waals surface area contributed by atoms with Crippen LogP contribution in [0.2, 0.25) is 0 Å². The normalized spacial score (nSPS) is 17.9. The number of nitrogens with one attached hydrogen (secondary N) is 1. The Balaban J connectivity index is 2.98. The molecule has 0 aliphatic carbocycles. The minimum atomic E-state index is -4.60. The fourth-order valence-corrected chi connectivity index (χ4v) is 3.50. The molecular formula is C26H38F6N4O3. The lowest BCUT2D eigenvalue weighted by atomic mass is 9.96. The molecule has 0 spiro atoms. The fraction of sp³-hybridized carbons (Fsp3) is 0.654. The van der Waals surface area contributed by atoms with E-state index in [2.05, 4.69) is 10.4 Å². The van der Waals surface area contributed by atoms with Crippen molar-refractivity contribution in [1.29, 1.82) is 0 Å². The second kappa shape index (κ2) is 14.4. The highest BCUT2D eigenvalue weighted by Gasteiger charge is 2.38. The molecule has 1 aliphatic rings. The first-order valence-corrected chi connectivity index (χ1v) is 12.6. The van der Waals surface area contributed by atoms with Gasteiger partial charge >= 0.3 is 12.3 Å². The van der Waals surface area contributed by atoms with Gasteiger partial charge in [0.15, 0.2) is 5.83 Å². The van der Waals surface area contributed by atoms with Gasteiger partial charge in [0.2, 0.25) is 5.91 Å². The molecular weight excluding hydrogens is 530 g/mol. The van der Waals surface area contributed by atoms with Crippen LogP contribution in [-0.2, 0) is 9.53 Å². The molecule has 0 bridgehead atoms. The molecule has 1 N–H and O–H groups in total. The monoisotopic (exact) mass is 568 g/mol. The molecule has 0 aromatic heterocycles. The summed E-state index contributed by atoms with van der Waals surface area (Å²) in [6, 6.07) is -1.43. The molecule has 1 fully saturated rings. The molecule has 2 atom stereocenters. The number of hydrogen-bond donors (Lipinski definition) is 1. The van der Waals surface area contributed by atoms with Crippen LogP contribution in [0.15, 0.2) is 40.9 Å². The van der Waals surface area contributed by atoms with E-state index in [1.165, 1.54) is 31.0 Å². The van der Waals surface area contributed by atoms with Crippen LogP contribution >= 0.6 is 0 Å². The maximum atomic E-state index is 14.6. The predicted octanol–water partition coefficient (Wildman–Crippen LogP) is 6.69. The number of nitrogens with zero attached hydrogens (tertiary/aromatic N) is 3. The van der Waals surface area contributed by atoms with Crippen LogP contribution in [0.1, 0.15) is 67.7 Å². The first-order chi connectivity index (χ1) is 17.9. The highest BCUT2D eigenvalue weighted by molar-refractivity contribution is 5.87. The highest BCUT2D eigenvalue weighted by Crippen LogP contribution is 2.26. The maximum absolute atomic E-state index is 14.6. The number of hydrazone groups is 1. The summed E-state index contributed by atoms with van der Waals surface area (Å²) in [5, 5.41) is 7.27. The van der Waals surface area contributed by atoms with Crippen LogP contribution in [0.3, 0.4) is 0 Å². The zero-order chi connectivity index (χ0) is 30.1. The van der Waals surface area contributed by atoms with E-state index >= 15 is 0 Å². The van der Waals surface area contributed by atoms with Gasteiger partial charge in [0.05, 0.1) is 6.04 Å². The van der Waals surface area contributed by atoms with Gasteiger partial charge in [-0.15, -0.1) is 0 Å². The number of halogens is 6. The van der Waals surface area contributed by atoms with Crippen molar-refractivity contribution < 1.29 is 40.7 Å². The topological polar surface area (TPSA) is 74.2 Å². The van der Waals surface area contributed by atoms with Crippen molar-refractivity contribution >= 4 is 17.7 Å². The molecule has 2 amide bonds. The Labute approximate surface area is 225 Å². The van der Waals surface area contributed by atoms with E-state index < -0.39 is 65.0 Å². The molecule has 0 aromatic carbocycles. The standard InChI is InChI=1S/C26H38F6N4O3/c1-8-10-36(34-17(4)26(30,31)32)19-14-35(15-19)23(37)12-18(33-24(38)39-25(5,6)7)11-16(3)21(28)13-22(29)20(27)9-2/h8,10,13,16,18-19H,9,11-12,14-15H2,1-7H3,(H,33,38)/b10-8-,21-13+,22-20-,34-17+/t16?,18-/m1/s1. The molecule has 0 saturated carbocycles. The number of amides is 2. The Morgan fingerprint density at radius 1 is 1.18 bits per heavy atom. The molecule has 222 valence electrons. The summed E-state index contributed by atoms with van der Waals surface area (Å²) in [5.74, 6) is -4.84. The molecule has 1 aliphatic heterocycles. The fourth-order valence-electron chi connectivity index (χ4n) is 3.50. The van der Waals surface area contributed by atoms with Gasteiger partial charge in [0, 0.05) is 43.7 Å². The molecule has 0 radical (unpaired) electrons. The zero-order valence-electron chi connectivity index (χ0n) is 23.3. The lowest BCUT2D eigenvalue weighted by molar-refractivity contribution is -0.138. The third-order valence-corrected chi connectivity index (χ3v) is 5.65. The predicted molar refractivity (Wildman–Crippen MR) is 136 cm³/mol. The van der Waals surface area contributed by atoms with Crippen molar-refractivity contribution in [2.24, 2.45) is 11.0 Å². The van der Waals surface area contributed by atoms with E-state index in [4.69, 9.17) is 4.74 Å². The zero-order valence-corrected chi connectivity index (χ0v) is 23.3. The Morgan fingerprint density at radius 3 is 2.26 bits per heavy atom. The van der Waals surface area contributed by atoms with Crippen LogP contribution in [0.25, 0.3) is 0 Å². The van der Waals surface area contributed by atoms with Crippen LogP contribution in [0, 0.1) is 5.92 Å². The van der Waals surface area contributed by atoms with E-state index in [9.17, 15) is 35.9 Å². The van der Waals surface area contributed by atoms with Gasteiger partial charge in [0.1, 0.15) is 23.0 Å². The Morgan fingerprint density at radius 2 is 1.77 bits per heavy atom. The summed E-state index contributed by atoms with van der Waals surface area (Å²) in [4.78, 5) is 26.7. The molecule has 1 heterocycles. The first kappa shape index (κ1) is 34.0. The second-order valence-corrected chi connectivity index (χ2v) is 10.3. The molecule has 1 saturated heterocycles. The van der Waals surface area contributed by atoms with Crippen LogP contribution in [-0.4, -0.2) is 64.6 Å². The number of hydrogen-bond acceptors (Lipinski definition) is 5. The van der Waals surface area contributed by atoms with Crippen molar-refractivity contribution in [2.45, 2.75) is 91.6 Å². The lowest BCUT2D eigenvalue weighted by Gasteiger charge is -2.43. The molecule has 0 aromatic rings. The lowest BCUT2D eigenvalue weighted by Crippen LogP contribution is -2.59. The number of ether oxygens (including phenoxy) is 1. The van der Waals surface area contributed by atoms with Crippen LogP contribution < -0.4 is 5.32 Å². The molecule has 1 unspecified atom stereocenters. The van der Waals surface area contributed by atoms with Crippen LogP contribution in [0.4, 0.5) is 31.1 Å². The largest absolute Gasteiger partial charge is 0.444 e. The van der Waals surface area contributed by atoms with Crippen molar-refractivity contribution in [1.82, 2.24) is 15.2 Å². The maximum Gasteiger partial charge on any atom is 0.430 e. The van der Waals surface area contributed by atoms with E-state index in [1.54, 1.807) is 27.7 Å². The summed E-state index contributed by atoms with van der Waals surface area (Å²) in [5.41, 5.74) is -1.89. The number of rotatable bonds is 11. The highest BCUT2D eigenvalue weighted by atomic mass is 19.4. The minimum Gasteiger partial charge on any atom is -0.444 e. The second-order valence-electron chi connectivity index (χ2n) is 10.3. The third kappa shape index (κ3) is 11.7. The minimum absolute atomic E-state index is 0.0765. The van der Waals surface area contributed by atoms with Gasteiger partial charge in [-0.1, -0.05) is 19.9 Å². The van der Waals surface area contributed by atoms with E-state index in [1.807, 2.05) is 0 Å². The first-order valence-electron chi connectivity index (χ1n) is 12.6. The smallest absolute Gasteiger partial charge is 0.430 e. The van der Waals surface area contributed by atoms with Crippen molar-refractivity contribution in [2.75, 3.05) is 13.1 Å². The van der Waals surface area contributed by atoms with Gasteiger partial charge < -0.3 is 15.0 Å². The number of carbonyl (C=O) groups is 2. The molecule has 7 nitrogen and oxygen atoms in total. The van der Waals surface area contributed by atoms with Crippen molar-refractivity contribution in [3.63, 3.8) is 0 Å². The van der Waals surface area contributed by atoms with E-state index in [0.29, 0.717) is 6.08 Å². The van der Waals surface area contributed by atoms with Crippen LogP contribution in [0.5, 0.6) is 0 Å². The quantitative estimate of drug-likeness (QED) is 0.130. The average molecular weight is 569 g/mol. The number of allylic oxidation sites excluding steroid dienone is 5. The summed E-state index contributed by atoms with van der Waals surface area (Å²) in [7, 11) is 0. The van der Waals surface area contributed by atoms with Gasteiger partial charge in [0.25, 0.3) is 0 Å². The number of likely N-dealkylation sites (tertiary alicyclic amines) is 1. The summed E-state index contributed by atoms with van der Waals surface area (Å²) in [6.45, 7) is 10.3. The van der Waals surface area contributed by atoms with Gasteiger partial charge in [-0.25, -0.2) is 18.0 Å². The molecule has 13 heteroatoms. The van der Waals surface area contributed by atoms with Gasteiger partial charge in [-0.2, -0.15) is 18.3 Å². The number of alkyl halides is 3. The number of carbonyl (C=O) groups excluding carboxylic acids is 2. The Bertz CT molecular complexity index is 979. The summed E-state index contributed by atoms with van der Waals surface area (Å²) < 4.78 is 85.7. The number of alkyl carbamates (subject to hydrolysis) is 1. The van der Waals surface area contributed by atoms with Crippen molar-refractivity contribution in [3.8, 4) is 0 Å². The SMILES string of the molecule is C/C=C\N(/N=C(\C)C(F)(F)F)C1CN(C(=O)C[C@@H](CC(C)/C(F)=C\C(F)=C(\F)CC)NC(=O)OC(C)(C)C)C1. The Hall–Kier alpha value is -2.99. The summed E-state index contributed by atoms with van der Waals surface area (Å²) in [6.07, 6.45) is -2.77. The van der Waals surface area contributed by atoms with Gasteiger partial charge in [-0.3, -0.25) is 9.80 Å². The average Bonchev–Trinajstić information content (AvgIpc) is 2.75. The Kier molecular flexibility index (Phi) is 12.6. The van der Waals surface area contributed by atoms with Gasteiger partial charge in [-0.05, 0) is 47.5 Å². The molecule has 1 rings (SSSR count). The van der Waals surface area contributed by atoms with E-state index in [0.717, 1.165) is 11.9 Å². The summed E-state index contributed by atoms with van der Waals surface area (Å²) >= 11 is 0. The van der Waals surface area contributed by atoms with E-state index in [-0.39, 0.29) is 32.4 Å². The molecule has 39 heavy (non-hydrogen) atoms. The van der Waals surface area contributed by atoms with Crippen molar-refractivity contribution in [3.05, 3.63) is 35.8 Å².